The van der Waals surface area contributed by atoms with Crippen molar-refractivity contribution < 1.29 is 4.79 Å². The third-order valence-electron chi connectivity index (χ3n) is 1.58. The third kappa shape index (κ3) is 1.35. The van der Waals surface area contributed by atoms with Crippen LogP contribution in [0.25, 0.3) is 0 Å². The molecule has 1 amide bonds. The van der Waals surface area contributed by atoms with Crippen molar-refractivity contribution in [1.82, 2.24) is 4.90 Å². The summed E-state index contributed by atoms with van der Waals surface area (Å²) in [5.41, 5.74) is 0. The number of rotatable bonds is 1. The summed E-state index contributed by atoms with van der Waals surface area (Å²) in [5.74, 6) is 0.0428. The second-order valence-corrected chi connectivity index (χ2v) is 2.66. The summed E-state index contributed by atoms with van der Waals surface area (Å²) >= 11 is 0. The molecule has 0 saturated heterocycles. The van der Waals surface area contributed by atoms with Crippen LogP contribution in [0.15, 0.2) is 4.99 Å². The lowest BCUT2D eigenvalue weighted by molar-refractivity contribution is -0.125. The Hall–Kier alpha value is -0.860. The molecule has 1 aliphatic rings. The van der Waals surface area contributed by atoms with Crippen molar-refractivity contribution in [3.63, 3.8) is 0 Å². The minimum absolute atomic E-state index is 0.0428. The topological polar surface area (TPSA) is 32.7 Å². The zero-order chi connectivity index (χ0) is 7.56. The van der Waals surface area contributed by atoms with Crippen LogP contribution in [-0.2, 0) is 4.79 Å². The summed E-state index contributed by atoms with van der Waals surface area (Å²) in [5, 5.41) is 0. The maximum absolute atomic E-state index is 11.0. The lowest BCUT2D eigenvalue weighted by Crippen LogP contribution is -2.41. The quantitative estimate of drug-likeness (QED) is 0.516. The van der Waals surface area contributed by atoms with Crippen LogP contribution >= 0.6 is 0 Å². The number of hydrogen-bond acceptors (Lipinski definition) is 2. The molecule has 0 spiro atoms. The summed E-state index contributed by atoms with van der Waals surface area (Å²) in [7, 11) is 0. The maximum atomic E-state index is 11.0. The van der Waals surface area contributed by atoms with Crippen LogP contribution in [-0.4, -0.2) is 36.2 Å². The van der Waals surface area contributed by atoms with Crippen LogP contribution in [0, 0.1) is 0 Å². The van der Waals surface area contributed by atoms with E-state index >= 15 is 0 Å². The molecule has 0 saturated carbocycles. The molecule has 0 fully saturated rings. The van der Waals surface area contributed by atoms with Gasteiger partial charge in [0.2, 0.25) is 0 Å². The Morgan fingerprint density at radius 3 is 2.80 bits per heavy atom. The minimum Gasteiger partial charge on any atom is -0.334 e. The molecular formula is C7H12N2O. The van der Waals surface area contributed by atoms with Crippen molar-refractivity contribution in [3.8, 4) is 0 Å². The molecule has 0 atom stereocenters. The van der Waals surface area contributed by atoms with Gasteiger partial charge >= 0.3 is 0 Å². The van der Waals surface area contributed by atoms with E-state index < -0.39 is 0 Å². The summed E-state index contributed by atoms with van der Waals surface area (Å²) in [6.07, 6.45) is 1.41. The predicted octanol–water partition coefficient (Wildman–Crippen LogP) is 0.308. The number of aliphatic imine (C=N–C) groups is 1. The maximum Gasteiger partial charge on any atom is 0.264 e. The van der Waals surface area contributed by atoms with Gasteiger partial charge in [-0.15, -0.1) is 0 Å². The Morgan fingerprint density at radius 2 is 2.40 bits per heavy atom. The molecule has 0 aromatic heterocycles. The second-order valence-electron chi connectivity index (χ2n) is 2.66. The number of carbonyl (C=O) groups is 1. The van der Waals surface area contributed by atoms with Crippen molar-refractivity contribution in [2.75, 3.05) is 13.1 Å². The Labute approximate surface area is 60.7 Å². The van der Waals surface area contributed by atoms with E-state index in [2.05, 4.69) is 4.99 Å². The molecule has 1 heterocycles. The van der Waals surface area contributed by atoms with Crippen LogP contribution in [0.4, 0.5) is 0 Å². The average molecular weight is 140 g/mol. The van der Waals surface area contributed by atoms with Gasteiger partial charge in [0.05, 0.1) is 12.8 Å². The summed E-state index contributed by atoms with van der Waals surface area (Å²) in [4.78, 5) is 16.7. The first-order valence-corrected chi connectivity index (χ1v) is 3.52. The zero-order valence-electron chi connectivity index (χ0n) is 6.37. The molecule has 1 aliphatic heterocycles. The van der Waals surface area contributed by atoms with Gasteiger partial charge in [-0.2, -0.15) is 0 Å². The van der Waals surface area contributed by atoms with Crippen LogP contribution in [0.5, 0.6) is 0 Å². The first-order valence-electron chi connectivity index (χ1n) is 3.52. The molecule has 0 N–H and O–H groups in total. The van der Waals surface area contributed by atoms with E-state index in [1.807, 2.05) is 18.7 Å². The Kier molecular flexibility index (Phi) is 2.04. The van der Waals surface area contributed by atoms with Crippen molar-refractivity contribution in [2.24, 2.45) is 4.99 Å². The van der Waals surface area contributed by atoms with E-state index in [0.717, 1.165) is 13.1 Å². The van der Waals surface area contributed by atoms with E-state index in [4.69, 9.17) is 0 Å². The van der Waals surface area contributed by atoms with E-state index in [1.54, 1.807) is 0 Å². The van der Waals surface area contributed by atoms with E-state index in [9.17, 15) is 4.79 Å². The molecule has 0 unspecified atom stereocenters. The Morgan fingerprint density at radius 1 is 1.70 bits per heavy atom. The van der Waals surface area contributed by atoms with Gasteiger partial charge in [0.15, 0.2) is 0 Å². The number of amides is 1. The van der Waals surface area contributed by atoms with Crippen LogP contribution in [0.2, 0.25) is 0 Å². The number of nitrogens with zero attached hydrogens (tertiary/aromatic N) is 2. The third-order valence-corrected chi connectivity index (χ3v) is 1.58. The van der Waals surface area contributed by atoms with Gasteiger partial charge in [-0.1, -0.05) is 0 Å². The van der Waals surface area contributed by atoms with Crippen molar-refractivity contribution >= 4 is 12.1 Å². The first kappa shape index (κ1) is 7.25. The number of hydrogen-bond donors (Lipinski definition) is 0. The normalized spacial score (nSPS) is 18.7. The fourth-order valence-corrected chi connectivity index (χ4v) is 1.01. The first-order chi connectivity index (χ1) is 4.72. The number of carbonyl (C=O) groups excluding carboxylic acids is 1. The molecule has 0 aromatic carbocycles. The molecule has 56 valence electrons. The zero-order valence-corrected chi connectivity index (χ0v) is 6.37. The van der Waals surface area contributed by atoms with Crippen LogP contribution in [0.1, 0.15) is 13.8 Å². The van der Waals surface area contributed by atoms with Crippen molar-refractivity contribution in [2.45, 2.75) is 19.9 Å². The smallest absolute Gasteiger partial charge is 0.264 e. The largest absolute Gasteiger partial charge is 0.334 e. The fourth-order valence-electron chi connectivity index (χ4n) is 1.01. The Bertz CT molecular complexity index is 163. The molecule has 0 aromatic rings. The van der Waals surface area contributed by atoms with Gasteiger partial charge in [0.25, 0.3) is 5.91 Å². The highest BCUT2D eigenvalue weighted by Crippen LogP contribution is 2.00. The lowest BCUT2D eigenvalue weighted by atomic mass is 10.3. The lowest BCUT2D eigenvalue weighted by Gasteiger charge is -2.26. The van der Waals surface area contributed by atoms with Gasteiger partial charge < -0.3 is 4.90 Å². The van der Waals surface area contributed by atoms with Gasteiger partial charge in [-0.25, -0.2) is 0 Å². The average Bonchev–Trinajstić information content (AvgIpc) is 1.88. The molecular weight excluding hydrogens is 128 g/mol. The molecule has 3 heteroatoms. The Balaban J connectivity index is 2.61. The predicted molar refractivity (Wildman–Crippen MR) is 40.2 cm³/mol. The summed E-state index contributed by atoms with van der Waals surface area (Å²) in [6.45, 7) is 5.55. The summed E-state index contributed by atoms with van der Waals surface area (Å²) < 4.78 is 0. The van der Waals surface area contributed by atoms with Gasteiger partial charge in [0, 0.05) is 12.6 Å². The van der Waals surface area contributed by atoms with Crippen LogP contribution in [0.3, 0.4) is 0 Å². The molecule has 0 bridgehead atoms. The summed E-state index contributed by atoms with van der Waals surface area (Å²) in [6, 6.07) is 0.305. The minimum atomic E-state index is 0.0428. The SMILES string of the molecule is CC(C)N1CCN=CC1=O. The second kappa shape index (κ2) is 2.82. The molecule has 0 aliphatic carbocycles. The monoisotopic (exact) mass is 140 g/mol. The van der Waals surface area contributed by atoms with Gasteiger partial charge in [-0.3, -0.25) is 9.79 Å². The fraction of sp³-hybridized carbons (Fsp3) is 0.714. The van der Waals surface area contributed by atoms with E-state index in [1.165, 1.54) is 6.21 Å². The highest BCUT2D eigenvalue weighted by Gasteiger charge is 2.16. The highest BCUT2D eigenvalue weighted by molar-refractivity contribution is 6.26. The van der Waals surface area contributed by atoms with E-state index in [-0.39, 0.29) is 5.91 Å². The van der Waals surface area contributed by atoms with Crippen molar-refractivity contribution in [1.29, 1.82) is 0 Å². The molecule has 10 heavy (non-hydrogen) atoms. The van der Waals surface area contributed by atoms with Gasteiger partial charge in [-0.05, 0) is 13.8 Å². The highest BCUT2D eigenvalue weighted by atomic mass is 16.2. The standard InChI is InChI=1S/C7H12N2O/c1-6(2)9-4-3-8-5-7(9)10/h5-6H,3-4H2,1-2H3. The molecule has 3 nitrogen and oxygen atoms in total. The van der Waals surface area contributed by atoms with E-state index in [0.29, 0.717) is 6.04 Å². The van der Waals surface area contributed by atoms with Crippen molar-refractivity contribution in [3.05, 3.63) is 0 Å². The molecule has 1 rings (SSSR count). The van der Waals surface area contributed by atoms with Crippen LogP contribution < -0.4 is 0 Å². The molecule has 0 radical (unpaired) electrons. The van der Waals surface area contributed by atoms with Gasteiger partial charge in [0.1, 0.15) is 0 Å².